The minimum absolute atomic E-state index is 0.00636. The van der Waals surface area contributed by atoms with Crippen LogP contribution in [0.15, 0.2) is 206 Å². The van der Waals surface area contributed by atoms with Crippen molar-refractivity contribution < 1.29 is 80.7 Å². The number of anilines is 1. The number of amides is 7. The van der Waals surface area contributed by atoms with E-state index in [-0.39, 0.29) is 130 Å². The smallest absolute Gasteiger partial charge is 0.331 e. The fraction of sp³-hybridized carbons (Fsp3) is 0.354. The SMILES string of the molecule is CC(=O)N[C@@H](CCCN(OCc1ccccc1)C(C)=O)C(=O)N[C@@H](CCCN(OCc1ccccc1)C(C)=O)C(=O)N[C@@H](CCCN(OCc1ccccc1)C(C)=O)C(=O)Nc1ccc(CCOP(=O)(C[C@@H](CCC(=O)OCc2ccccc2)C(=O)OCc2ccccc2)OCc2ccccc2)cc1. The zero-order valence-electron chi connectivity index (χ0n) is 59.3. The van der Waals surface area contributed by atoms with Crippen molar-refractivity contribution in [3.63, 3.8) is 0 Å². The molecule has 7 rings (SSSR count). The predicted octanol–water partition coefficient (Wildman–Crippen LogP) is 11.2. The lowest BCUT2D eigenvalue weighted by Gasteiger charge is -2.27. The van der Waals surface area contributed by atoms with Crippen LogP contribution in [0.5, 0.6) is 0 Å². The summed E-state index contributed by atoms with van der Waals surface area (Å²) in [6.07, 6.45) is -0.248. The number of hydrogen-bond donors (Lipinski definition) is 4. The second-order valence-corrected chi connectivity index (χ2v) is 26.8. The minimum atomic E-state index is -4.17. The molecule has 0 aromatic heterocycles. The van der Waals surface area contributed by atoms with Gasteiger partial charge in [0.1, 0.15) is 51.2 Å². The molecule has 7 aromatic carbocycles. The summed E-state index contributed by atoms with van der Waals surface area (Å²) in [5, 5.41) is 14.7. The highest BCUT2D eigenvalue weighted by Gasteiger charge is 2.36. The van der Waals surface area contributed by atoms with E-state index in [0.717, 1.165) is 32.9 Å². The maximum Gasteiger partial charge on any atom is 0.331 e. The number of rotatable bonds is 45. The Morgan fingerprint density at radius 1 is 0.385 bits per heavy atom. The molecular formula is C79H94N7O17P. The largest absolute Gasteiger partial charge is 0.461 e. The van der Waals surface area contributed by atoms with Gasteiger partial charge in [-0.15, -0.1) is 0 Å². The van der Waals surface area contributed by atoms with E-state index < -0.39 is 85.2 Å². The van der Waals surface area contributed by atoms with Crippen molar-refractivity contribution in [1.29, 1.82) is 0 Å². The lowest BCUT2D eigenvalue weighted by atomic mass is 10.1. The average molecular weight is 1440 g/mol. The average Bonchev–Trinajstić information content (AvgIpc) is 0.864. The van der Waals surface area contributed by atoms with E-state index in [1.54, 1.807) is 60.7 Å². The molecule has 0 fully saturated rings. The molecule has 7 amide bonds. The maximum atomic E-state index is 15.0. The van der Waals surface area contributed by atoms with Crippen LogP contribution in [-0.4, -0.2) is 119 Å². The van der Waals surface area contributed by atoms with Crippen LogP contribution in [0.4, 0.5) is 5.69 Å². The predicted molar refractivity (Wildman–Crippen MR) is 389 cm³/mol. The molecule has 552 valence electrons. The van der Waals surface area contributed by atoms with Gasteiger partial charge in [0.25, 0.3) is 0 Å². The Bertz CT molecular complexity index is 3850. The Labute approximate surface area is 607 Å². The van der Waals surface area contributed by atoms with Gasteiger partial charge >= 0.3 is 19.5 Å². The van der Waals surface area contributed by atoms with Crippen LogP contribution in [0.1, 0.15) is 118 Å². The summed E-state index contributed by atoms with van der Waals surface area (Å²) in [4.78, 5) is 140. The molecule has 0 aliphatic carbocycles. The molecule has 5 atom stereocenters. The summed E-state index contributed by atoms with van der Waals surface area (Å²) in [5.74, 6) is -6.35. The molecule has 0 saturated heterocycles. The highest BCUT2D eigenvalue weighted by Crippen LogP contribution is 2.51. The first-order valence-electron chi connectivity index (χ1n) is 34.7. The third kappa shape index (κ3) is 30.4. The Morgan fingerprint density at radius 2 is 0.740 bits per heavy atom. The first-order valence-corrected chi connectivity index (χ1v) is 36.5. The van der Waals surface area contributed by atoms with Gasteiger partial charge in [0.15, 0.2) is 0 Å². The summed E-state index contributed by atoms with van der Waals surface area (Å²) < 4.78 is 38.5. The fourth-order valence-corrected chi connectivity index (χ4v) is 12.6. The van der Waals surface area contributed by atoms with E-state index >= 15 is 0 Å². The Morgan fingerprint density at radius 3 is 1.12 bits per heavy atom. The Kier molecular flexibility index (Phi) is 34.6. The first kappa shape index (κ1) is 81.1. The number of hydrogen-bond acceptors (Lipinski definition) is 17. The molecule has 0 radical (unpaired) electrons. The lowest BCUT2D eigenvalue weighted by Crippen LogP contribution is -2.56. The first-order chi connectivity index (χ1) is 50.3. The van der Waals surface area contributed by atoms with Crippen LogP contribution >= 0.6 is 7.60 Å². The van der Waals surface area contributed by atoms with Crippen molar-refractivity contribution in [2.45, 2.75) is 143 Å². The van der Waals surface area contributed by atoms with Gasteiger partial charge in [0.2, 0.25) is 41.4 Å². The van der Waals surface area contributed by atoms with Gasteiger partial charge in [-0.1, -0.05) is 194 Å². The van der Waals surface area contributed by atoms with Crippen LogP contribution in [0.3, 0.4) is 0 Å². The number of ether oxygens (including phenoxy) is 2. The molecule has 24 nitrogen and oxygen atoms in total. The number of hydroxylamine groups is 6. The van der Waals surface area contributed by atoms with E-state index in [1.807, 2.05) is 146 Å². The summed E-state index contributed by atoms with van der Waals surface area (Å²) in [6.45, 7) is 5.22. The van der Waals surface area contributed by atoms with Gasteiger partial charge in [-0.3, -0.25) is 62.2 Å². The van der Waals surface area contributed by atoms with Crippen molar-refractivity contribution >= 4 is 66.6 Å². The van der Waals surface area contributed by atoms with Crippen molar-refractivity contribution in [3.8, 4) is 0 Å². The van der Waals surface area contributed by atoms with Gasteiger partial charge in [-0.2, -0.15) is 0 Å². The van der Waals surface area contributed by atoms with Crippen LogP contribution < -0.4 is 21.3 Å². The van der Waals surface area contributed by atoms with Crippen molar-refractivity contribution in [3.05, 3.63) is 245 Å². The van der Waals surface area contributed by atoms with Gasteiger partial charge in [0.05, 0.1) is 25.3 Å². The summed E-state index contributed by atoms with van der Waals surface area (Å²) in [5.41, 5.74) is 5.61. The molecule has 0 bridgehead atoms. The van der Waals surface area contributed by atoms with E-state index in [9.17, 15) is 47.7 Å². The monoisotopic (exact) mass is 1440 g/mol. The standard InChI is InChI=1S/C79H94N7O17P/c1-59(87)80-72(38-23-48-84(60(2)88)99-54-66-30-15-7-16-31-66)77(93)83-74(40-25-50-86(62(4)90)101-56-68-34-19-9-20-35-68)78(94)82-73(39-24-49-85(61(3)89)100-55-67-32-17-8-18-33-67)76(92)81-71-44-41-63(42-45-71)47-51-102-104(96,103-57-69-36-21-10-22-37-69)58-70(79(95)98-53-65-28-13-6-14-29-65)43-46-75(91)97-52-64-26-11-5-12-27-64/h5-22,26-37,41-42,44-45,70,72-74H,23-25,38-40,43,46-58H2,1-4H3,(H,80,87)(H,81,92)(H,82,94)(H,83,93)/t70-,72+,73+,74+,104?/m1/s1. The van der Waals surface area contributed by atoms with Gasteiger partial charge in [-0.05, 0) is 102 Å². The zero-order chi connectivity index (χ0) is 74.3. The highest BCUT2D eigenvalue weighted by molar-refractivity contribution is 7.53. The second kappa shape index (κ2) is 44.3. The third-order valence-electron chi connectivity index (χ3n) is 16.4. The van der Waals surface area contributed by atoms with Crippen molar-refractivity contribution in [2.75, 3.05) is 37.7 Å². The molecule has 0 aliphatic rings. The van der Waals surface area contributed by atoms with Crippen LogP contribution in [0.2, 0.25) is 0 Å². The summed E-state index contributed by atoms with van der Waals surface area (Å²) >= 11 is 0. The van der Waals surface area contributed by atoms with E-state index in [0.29, 0.717) is 16.8 Å². The molecular weight excluding hydrogens is 1350 g/mol. The number of carbonyl (C=O) groups excluding carboxylic acids is 9. The number of nitrogens with zero attached hydrogens (tertiary/aromatic N) is 3. The van der Waals surface area contributed by atoms with Crippen LogP contribution in [0, 0.1) is 5.92 Å². The van der Waals surface area contributed by atoms with Gasteiger partial charge < -0.3 is 39.8 Å². The van der Waals surface area contributed by atoms with Crippen LogP contribution in [-0.2, 0) is 127 Å². The van der Waals surface area contributed by atoms with Gasteiger partial charge in [0, 0.05) is 59.4 Å². The molecule has 0 heterocycles. The molecule has 25 heteroatoms. The molecule has 0 saturated carbocycles. The number of esters is 2. The summed E-state index contributed by atoms with van der Waals surface area (Å²) in [7, 11) is -4.17. The minimum Gasteiger partial charge on any atom is -0.461 e. The zero-order valence-corrected chi connectivity index (χ0v) is 60.2. The number of benzene rings is 7. The van der Waals surface area contributed by atoms with Crippen LogP contribution in [0.25, 0.3) is 0 Å². The third-order valence-corrected chi connectivity index (χ3v) is 18.4. The van der Waals surface area contributed by atoms with Crippen molar-refractivity contribution in [1.82, 2.24) is 31.1 Å². The number of nitrogens with one attached hydrogen (secondary N) is 4. The highest BCUT2D eigenvalue weighted by atomic mass is 31.2. The molecule has 0 aliphatic heterocycles. The Hall–Kier alpha value is -10.2. The molecule has 1 unspecified atom stereocenters. The van der Waals surface area contributed by atoms with Crippen molar-refractivity contribution in [2.24, 2.45) is 5.92 Å². The molecule has 0 spiro atoms. The fourth-order valence-electron chi connectivity index (χ4n) is 10.7. The lowest BCUT2D eigenvalue weighted by molar-refractivity contribution is -0.190. The maximum absolute atomic E-state index is 15.0. The molecule has 7 aromatic rings. The van der Waals surface area contributed by atoms with E-state index in [1.165, 1.54) is 37.8 Å². The van der Waals surface area contributed by atoms with E-state index in [4.69, 9.17) is 33.0 Å². The second-order valence-electron chi connectivity index (χ2n) is 24.7. The quantitative estimate of drug-likeness (QED) is 0.0157. The Balaban J connectivity index is 1.08. The molecule has 104 heavy (non-hydrogen) atoms. The summed E-state index contributed by atoms with van der Waals surface area (Å²) in [6, 6.07) is 57.6. The topological polar surface area (TPSA) is 293 Å². The molecule has 4 N–H and O–H groups in total. The van der Waals surface area contributed by atoms with Gasteiger partial charge in [-0.25, -0.2) is 15.2 Å². The number of carbonyl (C=O) groups is 9. The normalized spacial score (nSPS) is 12.7. The van der Waals surface area contributed by atoms with E-state index in [2.05, 4.69) is 21.3 Å².